The van der Waals surface area contributed by atoms with E-state index in [9.17, 15) is 0 Å². The van der Waals surface area contributed by atoms with Crippen molar-refractivity contribution in [3.63, 3.8) is 0 Å². The number of hydrogen-bond donors (Lipinski definition) is 2. The van der Waals surface area contributed by atoms with E-state index in [4.69, 9.17) is 5.73 Å². The Balaban J connectivity index is 1.50. The van der Waals surface area contributed by atoms with Crippen molar-refractivity contribution in [2.45, 2.75) is 45.1 Å². The highest BCUT2D eigenvalue weighted by atomic mass is 15.2. The summed E-state index contributed by atoms with van der Waals surface area (Å²) in [6, 6.07) is 9.28. The predicted octanol–water partition coefficient (Wildman–Crippen LogP) is 3.02. The van der Waals surface area contributed by atoms with Crippen LogP contribution in [-0.4, -0.2) is 36.5 Å². The normalized spacial score (nSPS) is 23.2. The largest absolute Gasteiger partial charge is 0.370 e. The number of benzene rings is 1. The summed E-state index contributed by atoms with van der Waals surface area (Å²) in [5, 5.41) is 3.22. The van der Waals surface area contributed by atoms with Gasteiger partial charge < -0.3 is 16.0 Å². The fourth-order valence-electron chi connectivity index (χ4n) is 3.17. The molecule has 1 aromatic carbocycles. The van der Waals surface area contributed by atoms with Crippen molar-refractivity contribution in [2.75, 3.05) is 25.0 Å². The summed E-state index contributed by atoms with van der Waals surface area (Å²) in [6.07, 6.45) is 4.05. The number of anilines is 1. The summed E-state index contributed by atoms with van der Waals surface area (Å²) in [6.45, 7) is 7.68. The van der Waals surface area contributed by atoms with Gasteiger partial charge in [0.2, 0.25) is 0 Å². The minimum Gasteiger partial charge on any atom is -0.370 e. The molecule has 3 N–H and O–H groups in total. The van der Waals surface area contributed by atoms with Gasteiger partial charge in [-0.2, -0.15) is 0 Å². The smallest absolute Gasteiger partial charge is 0.193 e. The lowest BCUT2D eigenvalue weighted by molar-refractivity contribution is 0.315. The van der Waals surface area contributed by atoms with Gasteiger partial charge in [0.1, 0.15) is 0 Å². The monoisotopic (exact) mass is 300 g/mol. The fourth-order valence-corrected chi connectivity index (χ4v) is 3.17. The Labute approximate surface area is 133 Å². The maximum absolute atomic E-state index is 6.04. The van der Waals surface area contributed by atoms with E-state index in [1.807, 2.05) is 6.07 Å². The highest BCUT2D eigenvalue weighted by Gasteiger charge is 2.34. The first-order valence-electron chi connectivity index (χ1n) is 8.53. The molecule has 2 fully saturated rings. The van der Waals surface area contributed by atoms with Gasteiger partial charge in [0.25, 0.3) is 0 Å². The van der Waals surface area contributed by atoms with E-state index in [0.29, 0.717) is 17.8 Å². The Morgan fingerprint density at radius 3 is 2.91 bits per heavy atom. The zero-order valence-corrected chi connectivity index (χ0v) is 13.8. The van der Waals surface area contributed by atoms with Crippen molar-refractivity contribution in [1.29, 1.82) is 0 Å². The third-order valence-corrected chi connectivity index (χ3v) is 4.73. The molecule has 0 spiro atoms. The Bertz CT molecular complexity index is 534. The van der Waals surface area contributed by atoms with Gasteiger partial charge in [0.05, 0.1) is 0 Å². The van der Waals surface area contributed by atoms with E-state index in [1.165, 1.54) is 37.9 Å². The molecular formula is C18H28N4. The molecule has 0 amide bonds. The van der Waals surface area contributed by atoms with Crippen LogP contribution in [0.25, 0.3) is 0 Å². The van der Waals surface area contributed by atoms with Crippen LogP contribution in [0.2, 0.25) is 0 Å². The van der Waals surface area contributed by atoms with Gasteiger partial charge in [-0.25, -0.2) is 0 Å². The number of nitrogens with one attached hydrogen (secondary N) is 1. The van der Waals surface area contributed by atoms with E-state index in [2.05, 4.69) is 47.3 Å². The maximum atomic E-state index is 6.04. The number of guanidine groups is 1. The van der Waals surface area contributed by atoms with Gasteiger partial charge in [-0.1, -0.05) is 26.0 Å². The molecule has 0 radical (unpaired) electrons. The molecule has 4 heteroatoms. The van der Waals surface area contributed by atoms with E-state index in [1.54, 1.807) is 0 Å². The lowest BCUT2D eigenvalue weighted by atomic mass is 10.0. The Hall–Kier alpha value is -1.55. The fraction of sp³-hybridized carbons (Fsp3) is 0.611. The van der Waals surface area contributed by atoms with Crippen molar-refractivity contribution < 1.29 is 0 Å². The van der Waals surface area contributed by atoms with Crippen molar-refractivity contribution in [1.82, 2.24) is 4.90 Å². The second kappa shape index (κ2) is 6.69. The molecule has 4 nitrogen and oxygen atoms in total. The number of nitrogens with two attached hydrogens (primary N) is 1. The van der Waals surface area contributed by atoms with Crippen molar-refractivity contribution in [3.8, 4) is 0 Å². The molecule has 1 aliphatic heterocycles. The van der Waals surface area contributed by atoms with Crippen LogP contribution < -0.4 is 11.1 Å². The molecule has 0 bridgehead atoms. The van der Waals surface area contributed by atoms with Crippen LogP contribution in [0.15, 0.2) is 29.3 Å². The zero-order valence-electron chi connectivity index (χ0n) is 13.8. The van der Waals surface area contributed by atoms with Crippen LogP contribution in [0.4, 0.5) is 5.69 Å². The quantitative estimate of drug-likeness (QED) is 0.649. The molecule has 120 valence electrons. The third-order valence-electron chi connectivity index (χ3n) is 4.73. The van der Waals surface area contributed by atoms with Crippen LogP contribution in [-0.2, 0) is 0 Å². The van der Waals surface area contributed by atoms with Gasteiger partial charge in [-0.15, -0.1) is 0 Å². The zero-order chi connectivity index (χ0) is 15.5. The molecule has 1 aliphatic carbocycles. The highest BCUT2D eigenvalue weighted by Crippen LogP contribution is 2.31. The Morgan fingerprint density at radius 2 is 2.18 bits per heavy atom. The molecule has 1 aromatic rings. The van der Waals surface area contributed by atoms with E-state index >= 15 is 0 Å². The Kier molecular flexibility index (Phi) is 4.67. The molecule has 1 atom stereocenters. The highest BCUT2D eigenvalue weighted by molar-refractivity contribution is 5.92. The summed E-state index contributed by atoms with van der Waals surface area (Å²) in [5.41, 5.74) is 8.38. The second-order valence-corrected chi connectivity index (χ2v) is 7.01. The molecule has 3 rings (SSSR count). The lowest BCUT2D eigenvalue weighted by Gasteiger charge is -2.14. The molecule has 22 heavy (non-hydrogen) atoms. The summed E-state index contributed by atoms with van der Waals surface area (Å²) in [5.74, 6) is 1.72. The first-order chi connectivity index (χ1) is 10.6. The van der Waals surface area contributed by atoms with E-state index in [-0.39, 0.29) is 0 Å². The third kappa shape index (κ3) is 4.01. The minimum atomic E-state index is 0.520. The lowest BCUT2D eigenvalue weighted by Crippen LogP contribution is -2.25. The SMILES string of the molecule is CC(C)c1cccc(NC(N)=NCC2CCN(C3CC3)C2)c1. The van der Waals surface area contributed by atoms with Crippen LogP contribution in [0.3, 0.4) is 0 Å². The van der Waals surface area contributed by atoms with Gasteiger partial charge in [-0.3, -0.25) is 4.99 Å². The molecule has 2 aliphatic rings. The molecule has 1 unspecified atom stereocenters. The van der Waals surface area contributed by atoms with Crippen LogP contribution in [0.1, 0.15) is 44.6 Å². The summed E-state index contributed by atoms with van der Waals surface area (Å²) in [4.78, 5) is 7.17. The molecular weight excluding hydrogens is 272 g/mol. The van der Waals surface area contributed by atoms with Gasteiger partial charge in [0, 0.05) is 24.8 Å². The van der Waals surface area contributed by atoms with Gasteiger partial charge >= 0.3 is 0 Å². The predicted molar refractivity (Wildman–Crippen MR) is 93.3 cm³/mol. The topological polar surface area (TPSA) is 53.6 Å². The summed E-state index contributed by atoms with van der Waals surface area (Å²) >= 11 is 0. The number of hydrogen-bond acceptors (Lipinski definition) is 2. The summed E-state index contributed by atoms with van der Waals surface area (Å²) in [7, 11) is 0. The van der Waals surface area contributed by atoms with Crippen molar-refractivity contribution in [2.24, 2.45) is 16.6 Å². The number of aliphatic imine (C=N–C) groups is 1. The van der Waals surface area contributed by atoms with E-state index in [0.717, 1.165) is 18.3 Å². The van der Waals surface area contributed by atoms with Crippen LogP contribution in [0.5, 0.6) is 0 Å². The van der Waals surface area contributed by atoms with Gasteiger partial charge in [-0.05, 0) is 55.3 Å². The second-order valence-electron chi connectivity index (χ2n) is 7.01. The van der Waals surface area contributed by atoms with E-state index < -0.39 is 0 Å². The minimum absolute atomic E-state index is 0.520. The molecule has 1 heterocycles. The summed E-state index contributed by atoms with van der Waals surface area (Å²) < 4.78 is 0. The van der Waals surface area contributed by atoms with Crippen molar-refractivity contribution >= 4 is 11.6 Å². The van der Waals surface area contributed by atoms with Gasteiger partial charge in [0.15, 0.2) is 5.96 Å². The Morgan fingerprint density at radius 1 is 1.36 bits per heavy atom. The molecule has 0 aromatic heterocycles. The van der Waals surface area contributed by atoms with Crippen LogP contribution in [0, 0.1) is 5.92 Å². The molecule has 1 saturated carbocycles. The average molecular weight is 300 g/mol. The number of nitrogens with zero attached hydrogens (tertiary/aromatic N) is 2. The maximum Gasteiger partial charge on any atom is 0.193 e. The first-order valence-corrected chi connectivity index (χ1v) is 8.53. The first kappa shape index (κ1) is 15.3. The number of rotatable bonds is 5. The van der Waals surface area contributed by atoms with Crippen molar-refractivity contribution in [3.05, 3.63) is 29.8 Å². The van der Waals surface area contributed by atoms with Crippen LogP contribution >= 0.6 is 0 Å². The molecule has 1 saturated heterocycles. The number of likely N-dealkylation sites (tertiary alicyclic amines) is 1. The standard InChI is InChI=1S/C18H28N4/c1-13(2)15-4-3-5-16(10-15)21-18(19)20-11-14-8-9-22(12-14)17-6-7-17/h3-5,10,13-14,17H,6-9,11-12H2,1-2H3,(H3,19,20,21). The average Bonchev–Trinajstić information content (AvgIpc) is 3.24.